The molecule has 0 aliphatic heterocycles. The smallest absolute Gasteiger partial charge is 0.152 e. The van der Waals surface area contributed by atoms with Crippen molar-refractivity contribution >= 4 is 11.8 Å². The number of rotatable bonds is 4. The van der Waals surface area contributed by atoms with Crippen LogP contribution in [0, 0.1) is 0 Å². The van der Waals surface area contributed by atoms with Crippen LogP contribution in [0.5, 0.6) is 0 Å². The van der Waals surface area contributed by atoms with Crippen LogP contribution in [0.25, 0.3) is 0 Å². The highest BCUT2D eigenvalue weighted by atomic mass is 32.2. The minimum atomic E-state index is -1.22. The maximum atomic E-state index is 8.86. The second-order valence-corrected chi connectivity index (χ2v) is 3.89. The molecule has 3 heteroatoms. The summed E-state index contributed by atoms with van der Waals surface area (Å²) in [6, 6.07) is 9.88. The minimum Gasteiger partial charge on any atom is -0.368 e. The van der Waals surface area contributed by atoms with E-state index in [9.17, 15) is 0 Å². The van der Waals surface area contributed by atoms with Crippen molar-refractivity contribution in [2.75, 3.05) is 6.26 Å². The SMILES string of the molecule is CSC(CC(O)O)c1ccccc1. The molecule has 0 aliphatic rings. The van der Waals surface area contributed by atoms with Crippen LogP contribution in [0.2, 0.25) is 0 Å². The van der Waals surface area contributed by atoms with Gasteiger partial charge >= 0.3 is 0 Å². The van der Waals surface area contributed by atoms with Crippen LogP contribution in [-0.4, -0.2) is 22.8 Å². The minimum absolute atomic E-state index is 0.168. The van der Waals surface area contributed by atoms with Crippen LogP contribution in [0.15, 0.2) is 30.3 Å². The Kier molecular flexibility index (Phi) is 4.28. The highest BCUT2D eigenvalue weighted by Crippen LogP contribution is 2.30. The van der Waals surface area contributed by atoms with E-state index < -0.39 is 6.29 Å². The number of hydrogen-bond acceptors (Lipinski definition) is 3. The second-order valence-electron chi connectivity index (χ2n) is 2.85. The van der Waals surface area contributed by atoms with Gasteiger partial charge in [-0.3, -0.25) is 0 Å². The van der Waals surface area contributed by atoms with Crippen LogP contribution in [0.1, 0.15) is 17.2 Å². The molecule has 0 amide bonds. The molecule has 0 spiro atoms. The van der Waals surface area contributed by atoms with Crippen molar-refractivity contribution in [2.45, 2.75) is 18.0 Å². The van der Waals surface area contributed by atoms with Gasteiger partial charge in [0.25, 0.3) is 0 Å². The van der Waals surface area contributed by atoms with Gasteiger partial charge in [-0.1, -0.05) is 30.3 Å². The van der Waals surface area contributed by atoms with Crippen LogP contribution in [0.4, 0.5) is 0 Å². The maximum Gasteiger partial charge on any atom is 0.152 e. The van der Waals surface area contributed by atoms with Gasteiger partial charge in [-0.15, -0.1) is 0 Å². The summed E-state index contributed by atoms with van der Waals surface area (Å²) in [5, 5.41) is 17.9. The van der Waals surface area contributed by atoms with Crippen molar-refractivity contribution in [1.29, 1.82) is 0 Å². The van der Waals surface area contributed by atoms with Crippen LogP contribution >= 0.6 is 11.8 Å². The van der Waals surface area contributed by atoms with Crippen LogP contribution in [0.3, 0.4) is 0 Å². The van der Waals surface area contributed by atoms with E-state index in [1.54, 1.807) is 11.8 Å². The molecule has 2 nitrogen and oxygen atoms in total. The molecule has 0 aliphatic carbocycles. The quantitative estimate of drug-likeness (QED) is 0.725. The Bertz CT molecular complexity index is 236. The molecule has 0 saturated heterocycles. The van der Waals surface area contributed by atoms with Crippen molar-refractivity contribution in [3.8, 4) is 0 Å². The summed E-state index contributed by atoms with van der Waals surface area (Å²) in [5.41, 5.74) is 1.14. The Morgan fingerprint density at radius 3 is 2.31 bits per heavy atom. The number of aliphatic hydroxyl groups is 2. The maximum absolute atomic E-state index is 8.86. The van der Waals surface area contributed by atoms with E-state index in [-0.39, 0.29) is 5.25 Å². The molecule has 72 valence electrons. The van der Waals surface area contributed by atoms with Crippen molar-refractivity contribution in [1.82, 2.24) is 0 Å². The highest BCUT2D eigenvalue weighted by Gasteiger charge is 2.12. The largest absolute Gasteiger partial charge is 0.368 e. The molecule has 1 aromatic rings. The Balaban J connectivity index is 2.67. The zero-order valence-corrected chi connectivity index (χ0v) is 8.37. The van der Waals surface area contributed by atoms with Gasteiger partial charge in [-0.25, -0.2) is 0 Å². The fourth-order valence-corrected chi connectivity index (χ4v) is 2.02. The van der Waals surface area contributed by atoms with Crippen LogP contribution in [-0.2, 0) is 0 Å². The third-order valence-corrected chi connectivity index (χ3v) is 2.91. The number of hydrogen-bond donors (Lipinski definition) is 2. The fraction of sp³-hybridized carbons (Fsp3) is 0.400. The predicted molar refractivity (Wildman–Crippen MR) is 55.5 cm³/mol. The highest BCUT2D eigenvalue weighted by molar-refractivity contribution is 7.98. The second kappa shape index (κ2) is 5.27. The number of aliphatic hydroxyl groups excluding tert-OH is 1. The summed E-state index contributed by atoms with van der Waals surface area (Å²) in [6.45, 7) is 0. The molecule has 0 radical (unpaired) electrons. The summed E-state index contributed by atoms with van der Waals surface area (Å²) in [5.74, 6) is 0. The first-order chi connectivity index (χ1) is 6.24. The molecule has 0 aromatic heterocycles. The predicted octanol–water partition coefficient (Wildman–Crippen LogP) is 1.79. The van der Waals surface area contributed by atoms with E-state index in [0.29, 0.717) is 6.42 Å². The Morgan fingerprint density at radius 2 is 1.85 bits per heavy atom. The fourth-order valence-electron chi connectivity index (χ4n) is 1.23. The van der Waals surface area contributed by atoms with E-state index in [0.717, 1.165) is 5.56 Å². The summed E-state index contributed by atoms with van der Waals surface area (Å²) in [6.07, 6.45) is 1.13. The molecular formula is C10H14O2S. The Hall–Kier alpha value is -0.510. The zero-order chi connectivity index (χ0) is 9.68. The molecule has 0 fully saturated rings. The van der Waals surface area contributed by atoms with E-state index in [1.165, 1.54) is 0 Å². The lowest BCUT2D eigenvalue weighted by molar-refractivity contribution is -0.0452. The van der Waals surface area contributed by atoms with Gasteiger partial charge in [-0.05, 0) is 11.8 Å². The standard InChI is InChI=1S/C10H14O2S/c1-13-9(7-10(11)12)8-5-3-2-4-6-8/h2-6,9-12H,7H2,1H3. The first-order valence-electron chi connectivity index (χ1n) is 4.18. The van der Waals surface area contributed by atoms with E-state index in [1.807, 2.05) is 36.6 Å². The molecule has 0 saturated carbocycles. The van der Waals surface area contributed by atoms with Gasteiger partial charge in [0.05, 0.1) is 0 Å². The first-order valence-corrected chi connectivity index (χ1v) is 5.46. The molecule has 1 atom stereocenters. The molecule has 13 heavy (non-hydrogen) atoms. The first kappa shape index (κ1) is 10.6. The van der Waals surface area contributed by atoms with Crippen molar-refractivity contribution in [3.05, 3.63) is 35.9 Å². The van der Waals surface area contributed by atoms with Gasteiger partial charge < -0.3 is 10.2 Å². The van der Waals surface area contributed by atoms with E-state index in [4.69, 9.17) is 10.2 Å². The topological polar surface area (TPSA) is 40.5 Å². The molecule has 1 aromatic carbocycles. The van der Waals surface area contributed by atoms with Gasteiger partial charge in [0.2, 0.25) is 0 Å². The van der Waals surface area contributed by atoms with E-state index in [2.05, 4.69) is 0 Å². The molecule has 0 bridgehead atoms. The summed E-state index contributed by atoms with van der Waals surface area (Å²) >= 11 is 1.63. The molecule has 1 rings (SSSR count). The van der Waals surface area contributed by atoms with Gasteiger partial charge in [0.15, 0.2) is 6.29 Å². The van der Waals surface area contributed by atoms with Gasteiger partial charge in [0, 0.05) is 11.7 Å². The lowest BCUT2D eigenvalue weighted by Crippen LogP contribution is -2.08. The number of thioether (sulfide) groups is 1. The Morgan fingerprint density at radius 1 is 1.23 bits per heavy atom. The average Bonchev–Trinajstić information content (AvgIpc) is 2.15. The molecule has 2 N–H and O–H groups in total. The number of benzene rings is 1. The summed E-state index contributed by atoms with van der Waals surface area (Å²) in [7, 11) is 0. The van der Waals surface area contributed by atoms with Crippen molar-refractivity contribution in [2.24, 2.45) is 0 Å². The third-order valence-electron chi connectivity index (χ3n) is 1.88. The zero-order valence-electron chi connectivity index (χ0n) is 7.55. The lowest BCUT2D eigenvalue weighted by Gasteiger charge is -2.15. The van der Waals surface area contributed by atoms with Crippen molar-refractivity contribution < 1.29 is 10.2 Å². The molecular weight excluding hydrogens is 184 g/mol. The lowest BCUT2D eigenvalue weighted by atomic mass is 10.1. The molecule has 1 unspecified atom stereocenters. The summed E-state index contributed by atoms with van der Waals surface area (Å²) in [4.78, 5) is 0. The average molecular weight is 198 g/mol. The van der Waals surface area contributed by atoms with Gasteiger partial charge in [-0.2, -0.15) is 11.8 Å². The van der Waals surface area contributed by atoms with E-state index >= 15 is 0 Å². The molecule has 0 heterocycles. The van der Waals surface area contributed by atoms with Gasteiger partial charge in [0.1, 0.15) is 0 Å². The van der Waals surface area contributed by atoms with Crippen molar-refractivity contribution in [3.63, 3.8) is 0 Å². The third kappa shape index (κ3) is 3.38. The van der Waals surface area contributed by atoms with Crippen LogP contribution < -0.4 is 0 Å². The monoisotopic (exact) mass is 198 g/mol. The normalized spacial score (nSPS) is 13.2. The summed E-state index contributed by atoms with van der Waals surface area (Å²) < 4.78 is 0. The Labute approximate surface area is 82.6 Å².